The fourth-order valence-corrected chi connectivity index (χ4v) is 3.52. The maximum Gasteiger partial charge on any atom is 0.373 e. The lowest BCUT2D eigenvalue weighted by molar-refractivity contribution is 0.0437. The third kappa shape index (κ3) is 5.18. The van der Waals surface area contributed by atoms with Gasteiger partial charge in [0.25, 0.3) is 0 Å². The van der Waals surface area contributed by atoms with Crippen LogP contribution < -0.4 is 4.72 Å². The van der Waals surface area contributed by atoms with E-state index < -0.39 is 22.0 Å². The molecule has 0 aliphatic carbocycles. The van der Waals surface area contributed by atoms with Crippen molar-refractivity contribution in [3.63, 3.8) is 0 Å². The first-order chi connectivity index (χ1) is 12.6. The summed E-state index contributed by atoms with van der Waals surface area (Å²) in [6.07, 6.45) is 0. The minimum absolute atomic E-state index is 0.00687. The van der Waals surface area contributed by atoms with E-state index >= 15 is 0 Å². The average molecular weight is 395 g/mol. The van der Waals surface area contributed by atoms with Gasteiger partial charge in [-0.3, -0.25) is 0 Å². The van der Waals surface area contributed by atoms with Crippen molar-refractivity contribution >= 4 is 22.0 Å². The van der Waals surface area contributed by atoms with Crippen molar-refractivity contribution in [2.24, 2.45) is 0 Å². The highest BCUT2D eigenvalue weighted by molar-refractivity contribution is 7.89. The van der Waals surface area contributed by atoms with Crippen molar-refractivity contribution in [1.82, 2.24) is 4.72 Å². The summed E-state index contributed by atoms with van der Waals surface area (Å²) >= 11 is 0. The second kappa shape index (κ2) is 8.36. The fourth-order valence-electron chi connectivity index (χ4n) is 2.25. The van der Waals surface area contributed by atoms with E-state index in [0.717, 1.165) is 0 Å². The zero-order valence-electron chi connectivity index (χ0n) is 15.4. The average Bonchev–Trinajstić information content (AvgIpc) is 3.07. The molecule has 1 aromatic carbocycles. The maximum absolute atomic E-state index is 12.4. The molecule has 0 unspecified atom stereocenters. The molecule has 1 heterocycles. The zero-order valence-corrected chi connectivity index (χ0v) is 16.3. The summed E-state index contributed by atoms with van der Waals surface area (Å²) in [4.78, 5) is 23.7. The monoisotopic (exact) mass is 395 g/mol. The number of rotatable bonds is 7. The van der Waals surface area contributed by atoms with Crippen LogP contribution in [0.3, 0.4) is 0 Å². The van der Waals surface area contributed by atoms with Crippen molar-refractivity contribution in [3.8, 4) is 0 Å². The van der Waals surface area contributed by atoms with Gasteiger partial charge in [0.05, 0.1) is 17.6 Å². The Morgan fingerprint density at radius 3 is 2.48 bits per heavy atom. The summed E-state index contributed by atoms with van der Waals surface area (Å²) in [6.45, 7) is 4.86. The normalized spacial score (nSPS) is 11.4. The Bertz CT molecular complexity index is 944. The molecule has 9 heteroatoms. The van der Waals surface area contributed by atoms with Crippen LogP contribution in [0.2, 0.25) is 0 Å². The number of benzene rings is 1. The maximum atomic E-state index is 12.4. The number of carbonyl (C=O) groups excluding carboxylic acids is 2. The predicted molar refractivity (Wildman–Crippen MR) is 95.8 cm³/mol. The highest BCUT2D eigenvalue weighted by Gasteiger charge is 2.20. The van der Waals surface area contributed by atoms with Gasteiger partial charge in [-0.15, -0.1) is 0 Å². The fraction of sp³-hybridized carbons (Fsp3) is 0.333. The van der Waals surface area contributed by atoms with Gasteiger partial charge >= 0.3 is 11.9 Å². The summed E-state index contributed by atoms with van der Waals surface area (Å²) < 4.78 is 41.9. The molecule has 0 aliphatic rings. The van der Waals surface area contributed by atoms with E-state index in [1.54, 1.807) is 20.8 Å². The molecule has 0 spiro atoms. The molecule has 0 fully saturated rings. The standard InChI is InChI=1S/C18H21NO7S/c1-11(2)19-27(22,23)14-7-5-12(3)15(9-14)17(20)25-10-13-6-8-16(26-13)18(21)24-4/h5-9,11,19H,10H2,1-4H3. The molecule has 0 atom stereocenters. The number of esters is 2. The molecule has 0 aliphatic heterocycles. The molecule has 0 saturated carbocycles. The van der Waals surface area contributed by atoms with E-state index in [0.29, 0.717) is 5.56 Å². The van der Waals surface area contributed by atoms with Crippen LogP contribution in [0.4, 0.5) is 0 Å². The highest BCUT2D eigenvalue weighted by Crippen LogP contribution is 2.18. The molecule has 27 heavy (non-hydrogen) atoms. The van der Waals surface area contributed by atoms with Crippen LogP contribution in [-0.2, 0) is 26.1 Å². The Labute approximate surface area is 157 Å². The largest absolute Gasteiger partial charge is 0.463 e. The summed E-state index contributed by atoms with van der Waals surface area (Å²) in [5.74, 6) is -1.09. The lowest BCUT2D eigenvalue weighted by Gasteiger charge is -2.12. The summed E-state index contributed by atoms with van der Waals surface area (Å²) in [6, 6.07) is 6.84. The van der Waals surface area contributed by atoms with E-state index in [2.05, 4.69) is 9.46 Å². The molecule has 1 aromatic heterocycles. The number of aryl methyl sites for hydroxylation is 1. The molecule has 2 aromatic rings. The van der Waals surface area contributed by atoms with Crippen LogP contribution in [-0.4, -0.2) is 33.5 Å². The minimum atomic E-state index is -3.74. The molecule has 0 bridgehead atoms. The predicted octanol–water partition coefficient (Wildman–Crippen LogP) is 2.42. The van der Waals surface area contributed by atoms with Gasteiger partial charge < -0.3 is 13.9 Å². The molecule has 0 amide bonds. The molecular formula is C18H21NO7S. The highest BCUT2D eigenvalue weighted by atomic mass is 32.2. The van der Waals surface area contributed by atoms with Crippen LogP contribution in [0.15, 0.2) is 39.6 Å². The van der Waals surface area contributed by atoms with Crippen LogP contribution in [0.5, 0.6) is 0 Å². The van der Waals surface area contributed by atoms with Crippen LogP contribution in [0.25, 0.3) is 0 Å². The van der Waals surface area contributed by atoms with Crippen molar-refractivity contribution in [3.05, 3.63) is 53.0 Å². The third-order valence-electron chi connectivity index (χ3n) is 3.52. The summed E-state index contributed by atoms with van der Waals surface area (Å²) in [5.41, 5.74) is 0.694. The second-order valence-electron chi connectivity index (χ2n) is 6.09. The van der Waals surface area contributed by atoms with Crippen molar-refractivity contribution in [1.29, 1.82) is 0 Å². The van der Waals surface area contributed by atoms with E-state index in [9.17, 15) is 18.0 Å². The molecule has 2 rings (SSSR count). The Balaban J connectivity index is 2.15. The summed E-state index contributed by atoms with van der Waals surface area (Å²) in [5, 5.41) is 0. The van der Waals surface area contributed by atoms with E-state index in [1.165, 1.54) is 37.4 Å². The molecule has 8 nitrogen and oxygen atoms in total. The smallest absolute Gasteiger partial charge is 0.373 e. The number of ether oxygens (including phenoxy) is 2. The Kier molecular flexibility index (Phi) is 6.40. The van der Waals surface area contributed by atoms with E-state index in [1.807, 2.05) is 0 Å². The summed E-state index contributed by atoms with van der Waals surface area (Å²) in [7, 11) is -2.51. The van der Waals surface area contributed by atoms with Crippen LogP contribution in [0.1, 0.15) is 46.1 Å². The van der Waals surface area contributed by atoms with Gasteiger partial charge in [0, 0.05) is 6.04 Å². The Hall–Kier alpha value is -2.65. The SMILES string of the molecule is COC(=O)c1ccc(COC(=O)c2cc(S(=O)(=O)NC(C)C)ccc2C)o1. The molecule has 0 saturated heterocycles. The van der Waals surface area contributed by atoms with Crippen molar-refractivity contribution < 1.29 is 31.9 Å². The van der Waals surface area contributed by atoms with Gasteiger partial charge in [0.2, 0.25) is 15.8 Å². The molecular weight excluding hydrogens is 374 g/mol. The number of furan rings is 1. The van der Waals surface area contributed by atoms with E-state index in [-0.39, 0.29) is 34.6 Å². The van der Waals surface area contributed by atoms with Gasteiger partial charge in [0.1, 0.15) is 12.4 Å². The van der Waals surface area contributed by atoms with Crippen molar-refractivity contribution in [2.45, 2.75) is 38.3 Å². The third-order valence-corrected chi connectivity index (χ3v) is 5.18. The van der Waals surface area contributed by atoms with E-state index in [4.69, 9.17) is 9.15 Å². The quantitative estimate of drug-likeness (QED) is 0.717. The topological polar surface area (TPSA) is 112 Å². The number of sulfonamides is 1. The zero-order chi connectivity index (χ0) is 20.2. The Morgan fingerprint density at radius 2 is 1.85 bits per heavy atom. The minimum Gasteiger partial charge on any atom is -0.463 e. The van der Waals surface area contributed by atoms with Crippen LogP contribution in [0, 0.1) is 6.92 Å². The van der Waals surface area contributed by atoms with Crippen LogP contribution >= 0.6 is 0 Å². The lowest BCUT2D eigenvalue weighted by Crippen LogP contribution is -2.30. The molecule has 1 N–H and O–H groups in total. The molecule has 0 radical (unpaired) electrons. The Morgan fingerprint density at radius 1 is 1.15 bits per heavy atom. The van der Waals surface area contributed by atoms with Gasteiger partial charge in [-0.2, -0.15) is 0 Å². The first kappa shape index (κ1) is 20.7. The second-order valence-corrected chi connectivity index (χ2v) is 7.80. The number of methoxy groups -OCH3 is 1. The number of hydrogen-bond acceptors (Lipinski definition) is 7. The lowest BCUT2D eigenvalue weighted by atomic mass is 10.1. The van der Waals surface area contributed by atoms with Gasteiger partial charge in [-0.1, -0.05) is 6.07 Å². The molecule has 146 valence electrons. The number of carbonyl (C=O) groups is 2. The van der Waals surface area contributed by atoms with Gasteiger partial charge in [-0.05, 0) is 50.6 Å². The van der Waals surface area contributed by atoms with Gasteiger partial charge in [0.15, 0.2) is 0 Å². The van der Waals surface area contributed by atoms with Crippen molar-refractivity contribution in [2.75, 3.05) is 7.11 Å². The van der Waals surface area contributed by atoms with Gasteiger partial charge in [-0.25, -0.2) is 22.7 Å². The first-order valence-corrected chi connectivity index (χ1v) is 9.59. The number of hydrogen-bond donors (Lipinski definition) is 1. The first-order valence-electron chi connectivity index (χ1n) is 8.11. The number of nitrogens with one attached hydrogen (secondary N) is 1.